The molecule has 2 N–H and O–H groups in total. The summed E-state index contributed by atoms with van der Waals surface area (Å²) in [5, 5.41) is 2.98. The third-order valence-electron chi connectivity index (χ3n) is 2.83. The van der Waals surface area contributed by atoms with Gasteiger partial charge in [-0.25, -0.2) is 8.42 Å². The number of hydrogen-bond acceptors (Lipinski definition) is 3. The normalized spacial score (nSPS) is 12.4. The van der Waals surface area contributed by atoms with Crippen LogP contribution < -0.4 is 10.0 Å². The van der Waals surface area contributed by atoms with E-state index in [4.69, 9.17) is 0 Å². The summed E-state index contributed by atoms with van der Waals surface area (Å²) >= 11 is 0. The lowest BCUT2D eigenvalue weighted by Gasteiger charge is -2.13. The van der Waals surface area contributed by atoms with Gasteiger partial charge in [-0.1, -0.05) is 13.0 Å². The maximum absolute atomic E-state index is 12.8. The molecular formula is C13H19F3N2O2S. The second-order valence-electron chi connectivity index (χ2n) is 4.66. The lowest BCUT2D eigenvalue weighted by atomic mass is 10.1. The minimum absolute atomic E-state index is 0.0533. The second kappa shape index (κ2) is 7.13. The van der Waals surface area contributed by atoms with Crippen LogP contribution in [-0.4, -0.2) is 27.3 Å². The van der Waals surface area contributed by atoms with Crippen LogP contribution >= 0.6 is 0 Å². The van der Waals surface area contributed by atoms with Crippen molar-refractivity contribution in [1.82, 2.24) is 5.32 Å². The fourth-order valence-corrected chi connectivity index (χ4v) is 2.90. The molecule has 0 saturated heterocycles. The zero-order valence-corrected chi connectivity index (χ0v) is 12.7. The van der Waals surface area contributed by atoms with Crippen LogP contribution in [0, 0.1) is 6.92 Å². The van der Waals surface area contributed by atoms with Gasteiger partial charge in [0.25, 0.3) is 0 Å². The fraction of sp³-hybridized carbons (Fsp3) is 0.538. The van der Waals surface area contributed by atoms with Crippen molar-refractivity contribution < 1.29 is 21.6 Å². The highest BCUT2D eigenvalue weighted by Crippen LogP contribution is 2.33. The van der Waals surface area contributed by atoms with Crippen LogP contribution in [0.4, 0.5) is 18.9 Å². The quantitative estimate of drug-likeness (QED) is 0.758. The molecule has 0 saturated carbocycles. The van der Waals surface area contributed by atoms with E-state index in [1.807, 2.05) is 6.92 Å². The van der Waals surface area contributed by atoms with Gasteiger partial charge in [0.05, 0.1) is 11.3 Å². The Bertz CT molecular complexity index is 571. The van der Waals surface area contributed by atoms with E-state index in [0.717, 1.165) is 12.6 Å². The molecule has 0 fully saturated rings. The maximum atomic E-state index is 12.8. The first-order valence-corrected chi connectivity index (χ1v) is 8.20. The molecule has 0 heterocycles. The monoisotopic (exact) mass is 324 g/mol. The van der Waals surface area contributed by atoms with Crippen molar-refractivity contribution in [1.29, 1.82) is 0 Å². The van der Waals surface area contributed by atoms with Crippen molar-refractivity contribution in [3.63, 3.8) is 0 Å². The second-order valence-corrected chi connectivity index (χ2v) is 6.50. The molecule has 21 heavy (non-hydrogen) atoms. The number of aryl methyl sites for hydroxylation is 1. The summed E-state index contributed by atoms with van der Waals surface area (Å²) in [7, 11) is -3.65. The molecule has 0 bridgehead atoms. The summed E-state index contributed by atoms with van der Waals surface area (Å²) in [6.07, 6.45) is -4.11. The van der Waals surface area contributed by atoms with E-state index in [1.54, 1.807) is 0 Å². The number of rotatable bonds is 7. The third-order valence-corrected chi connectivity index (χ3v) is 4.21. The number of benzene rings is 1. The van der Waals surface area contributed by atoms with E-state index in [1.165, 1.54) is 19.1 Å². The first-order chi connectivity index (χ1) is 9.65. The van der Waals surface area contributed by atoms with E-state index < -0.39 is 21.8 Å². The van der Waals surface area contributed by atoms with Crippen molar-refractivity contribution in [3.05, 3.63) is 29.3 Å². The summed E-state index contributed by atoms with van der Waals surface area (Å²) in [4.78, 5) is 0. The van der Waals surface area contributed by atoms with Gasteiger partial charge in [0, 0.05) is 5.69 Å². The lowest BCUT2D eigenvalue weighted by molar-refractivity contribution is -0.138. The van der Waals surface area contributed by atoms with E-state index in [2.05, 4.69) is 10.0 Å². The molecule has 1 rings (SSSR count). The Morgan fingerprint density at radius 1 is 1.24 bits per heavy atom. The molecule has 0 amide bonds. The molecule has 0 radical (unpaired) electrons. The first-order valence-electron chi connectivity index (χ1n) is 6.55. The molecule has 0 aliphatic carbocycles. The third kappa shape index (κ3) is 5.92. The maximum Gasteiger partial charge on any atom is 0.416 e. The molecular weight excluding hydrogens is 305 g/mol. The average Bonchev–Trinajstić information content (AvgIpc) is 2.35. The number of alkyl halides is 3. The fourth-order valence-electron chi connectivity index (χ4n) is 1.79. The van der Waals surface area contributed by atoms with Gasteiger partial charge >= 0.3 is 6.18 Å². The first kappa shape index (κ1) is 17.8. The summed E-state index contributed by atoms with van der Waals surface area (Å²) in [6.45, 7) is 4.51. The highest BCUT2D eigenvalue weighted by molar-refractivity contribution is 7.92. The number of nitrogens with one attached hydrogen (secondary N) is 2. The topological polar surface area (TPSA) is 58.2 Å². The largest absolute Gasteiger partial charge is 0.416 e. The van der Waals surface area contributed by atoms with Gasteiger partial charge in [-0.3, -0.25) is 4.72 Å². The van der Waals surface area contributed by atoms with Crippen LogP contribution in [0.2, 0.25) is 0 Å². The van der Waals surface area contributed by atoms with Crippen molar-refractivity contribution in [2.45, 2.75) is 26.4 Å². The Morgan fingerprint density at radius 3 is 2.48 bits per heavy atom. The summed E-state index contributed by atoms with van der Waals surface area (Å²) in [5.74, 6) is -0.144. The van der Waals surface area contributed by atoms with Crippen LogP contribution in [0.1, 0.15) is 24.5 Å². The molecule has 0 spiro atoms. The highest BCUT2D eigenvalue weighted by atomic mass is 32.2. The molecule has 120 valence electrons. The van der Waals surface area contributed by atoms with Gasteiger partial charge in [0.15, 0.2) is 0 Å². The number of hydrogen-bond donors (Lipinski definition) is 2. The number of anilines is 1. The standard InChI is InChI=1S/C13H19F3N2O2S/c1-3-17-7-4-8-21(19,20)18-11-6-5-10(2)12(9-11)13(14,15)16/h5-6,9,17-18H,3-4,7-8H2,1-2H3. The van der Waals surface area contributed by atoms with Crippen LogP contribution in [0.5, 0.6) is 0 Å². The summed E-state index contributed by atoms with van der Waals surface area (Å²) in [5.41, 5.74) is -0.857. The van der Waals surface area contributed by atoms with Gasteiger partial charge in [-0.05, 0) is 44.1 Å². The predicted molar refractivity (Wildman–Crippen MR) is 76.8 cm³/mol. The molecule has 1 aromatic rings. The smallest absolute Gasteiger partial charge is 0.317 e. The molecule has 8 heteroatoms. The van der Waals surface area contributed by atoms with Gasteiger partial charge < -0.3 is 5.32 Å². The summed E-state index contributed by atoms with van der Waals surface area (Å²) < 4.78 is 64.0. The molecule has 4 nitrogen and oxygen atoms in total. The van der Waals surface area contributed by atoms with Crippen molar-refractivity contribution in [2.24, 2.45) is 0 Å². The van der Waals surface area contributed by atoms with Crippen molar-refractivity contribution >= 4 is 15.7 Å². The van der Waals surface area contributed by atoms with Crippen LogP contribution in [0.15, 0.2) is 18.2 Å². The summed E-state index contributed by atoms with van der Waals surface area (Å²) in [6, 6.07) is 3.39. The Kier molecular flexibility index (Phi) is 6.03. The zero-order chi connectivity index (χ0) is 16.1. The molecule has 0 atom stereocenters. The minimum Gasteiger partial charge on any atom is -0.317 e. The predicted octanol–water partition coefficient (Wildman–Crippen LogP) is 2.76. The van der Waals surface area contributed by atoms with Crippen molar-refractivity contribution in [2.75, 3.05) is 23.6 Å². The van der Waals surface area contributed by atoms with Gasteiger partial charge in [-0.2, -0.15) is 13.2 Å². The van der Waals surface area contributed by atoms with Gasteiger partial charge in [0.1, 0.15) is 0 Å². The van der Waals surface area contributed by atoms with E-state index >= 15 is 0 Å². The number of halogens is 3. The van der Waals surface area contributed by atoms with Crippen LogP contribution in [-0.2, 0) is 16.2 Å². The van der Waals surface area contributed by atoms with Gasteiger partial charge in [-0.15, -0.1) is 0 Å². The lowest BCUT2D eigenvalue weighted by Crippen LogP contribution is -2.22. The van der Waals surface area contributed by atoms with Crippen molar-refractivity contribution in [3.8, 4) is 0 Å². The molecule has 0 aliphatic heterocycles. The Hall–Kier alpha value is -1.28. The SMILES string of the molecule is CCNCCCS(=O)(=O)Nc1ccc(C)c(C(F)(F)F)c1. The van der Waals surface area contributed by atoms with E-state index in [9.17, 15) is 21.6 Å². The average molecular weight is 324 g/mol. The van der Waals surface area contributed by atoms with E-state index in [0.29, 0.717) is 13.0 Å². The van der Waals surface area contributed by atoms with Crippen LogP contribution in [0.3, 0.4) is 0 Å². The minimum atomic E-state index is -4.50. The molecule has 0 unspecified atom stereocenters. The number of sulfonamides is 1. The Balaban J connectivity index is 2.79. The van der Waals surface area contributed by atoms with Gasteiger partial charge in [0.2, 0.25) is 10.0 Å². The molecule has 0 aliphatic rings. The van der Waals surface area contributed by atoms with E-state index in [-0.39, 0.29) is 17.0 Å². The Labute approximate surface area is 122 Å². The van der Waals surface area contributed by atoms with Crippen LogP contribution in [0.25, 0.3) is 0 Å². The zero-order valence-electron chi connectivity index (χ0n) is 11.9. The molecule has 0 aromatic heterocycles. The highest BCUT2D eigenvalue weighted by Gasteiger charge is 2.32. The molecule has 1 aromatic carbocycles. The Morgan fingerprint density at radius 2 is 1.90 bits per heavy atom.